The van der Waals surface area contributed by atoms with Crippen LogP contribution in [0, 0.1) is 0 Å². The minimum absolute atomic E-state index is 0.168. The number of rotatable bonds is 8. The summed E-state index contributed by atoms with van der Waals surface area (Å²) in [6, 6.07) is 7.70. The van der Waals surface area contributed by atoms with Crippen molar-refractivity contribution in [3.8, 4) is 0 Å². The number of benzene rings is 1. The van der Waals surface area contributed by atoms with Crippen molar-refractivity contribution in [2.75, 3.05) is 18.6 Å². The molecule has 2 N–H and O–H groups in total. The monoisotopic (exact) mass is 453 g/mol. The van der Waals surface area contributed by atoms with Crippen molar-refractivity contribution < 1.29 is 17.7 Å². The van der Waals surface area contributed by atoms with Crippen molar-refractivity contribution in [2.45, 2.75) is 10.9 Å². The van der Waals surface area contributed by atoms with Crippen LogP contribution in [0.5, 0.6) is 0 Å². The van der Waals surface area contributed by atoms with Gasteiger partial charge >= 0.3 is 0 Å². The molecule has 1 aromatic carbocycles. The lowest BCUT2D eigenvalue weighted by Crippen LogP contribution is -2.05. The van der Waals surface area contributed by atoms with Crippen LogP contribution >= 0.6 is 23.1 Å². The molecule has 0 spiro atoms. The first-order chi connectivity index (χ1) is 13.9. The molecule has 14 heteroatoms. The van der Waals surface area contributed by atoms with Crippen molar-refractivity contribution in [2.24, 2.45) is 10.2 Å². The number of aromatic amines is 1. The summed E-state index contributed by atoms with van der Waals surface area (Å²) < 4.78 is 37.9. The highest BCUT2D eigenvalue weighted by Crippen LogP contribution is 2.32. The summed E-state index contributed by atoms with van der Waals surface area (Å²) >= 11 is 2.34. The maximum absolute atomic E-state index is 10.8. The average molecular weight is 454 g/mol. The van der Waals surface area contributed by atoms with E-state index in [0.717, 1.165) is 16.7 Å². The lowest BCUT2D eigenvalue weighted by atomic mass is 10.3. The van der Waals surface area contributed by atoms with Gasteiger partial charge in [0, 0.05) is 12.9 Å². The second-order valence-electron chi connectivity index (χ2n) is 5.82. The van der Waals surface area contributed by atoms with Crippen molar-refractivity contribution in [3.05, 3.63) is 30.0 Å². The summed E-state index contributed by atoms with van der Waals surface area (Å²) in [5.41, 5.74) is 3.62. The number of thioether (sulfide) groups is 1. The van der Waals surface area contributed by atoms with Crippen LogP contribution in [0.4, 0.5) is 10.8 Å². The van der Waals surface area contributed by atoms with E-state index in [1.54, 1.807) is 7.11 Å². The predicted molar refractivity (Wildman–Crippen MR) is 109 cm³/mol. The molecule has 29 heavy (non-hydrogen) atoms. The van der Waals surface area contributed by atoms with E-state index in [1.165, 1.54) is 23.1 Å². The minimum atomic E-state index is -4.00. The van der Waals surface area contributed by atoms with E-state index >= 15 is 0 Å². The third kappa shape index (κ3) is 4.45. The average Bonchev–Trinajstić information content (AvgIpc) is 3.34. The fourth-order valence-corrected chi connectivity index (χ4v) is 5.16. The van der Waals surface area contributed by atoms with Crippen LogP contribution in [0.2, 0.25) is 0 Å². The van der Waals surface area contributed by atoms with Crippen LogP contribution < -0.4 is 0 Å². The summed E-state index contributed by atoms with van der Waals surface area (Å²) in [5.74, 6) is -0.190. The highest BCUT2D eigenvalue weighted by atomic mass is 32.2. The molecule has 4 aromatic rings. The van der Waals surface area contributed by atoms with Crippen LogP contribution in [0.1, 0.15) is 5.69 Å². The molecule has 0 saturated carbocycles. The molecule has 0 atom stereocenters. The van der Waals surface area contributed by atoms with E-state index in [9.17, 15) is 8.42 Å². The lowest BCUT2D eigenvalue weighted by Gasteiger charge is -1.96. The van der Waals surface area contributed by atoms with E-state index < -0.39 is 10.1 Å². The van der Waals surface area contributed by atoms with Crippen LogP contribution in [0.15, 0.2) is 38.8 Å². The number of nitrogens with one attached hydrogen (secondary N) is 1. The fourth-order valence-electron chi connectivity index (χ4n) is 2.60. The topological polar surface area (TPSA) is 147 Å². The first-order valence-electron chi connectivity index (χ1n) is 8.25. The Labute approximate surface area is 173 Å². The Kier molecular flexibility index (Phi) is 5.60. The Hall–Kier alpha value is -2.39. The number of imidazole rings is 1. The molecule has 4 rings (SSSR count). The van der Waals surface area contributed by atoms with Gasteiger partial charge in [-0.05, 0) is 12.1 Å². The standard InChI is InChI=1S/C15H15N7O4S3/c1-26-8-10-12(13-16-9-4-2-3-5-11(9)22(13)21-10)17-18-14-19-20-15(28-14)27-6-7-29(23,24)25/h2-5,21H,6-8H2,1H3,(H,23,24,25). The van der Waals surface area contributed by atoms with Gasteiger partial charge in [0.1, 0.15) is 0 Å². The molecule has 0 unspecified atom stereocenters. The van der Waals surface area contributed by atoms with Crippen LogP contribution in [0.3, 0.4) is 0 Å². The highest BCUT2D eigenvalue weighted by Gasteiger charge is 2.16. The fraction of sp³-hybridized carbons (Fsp3) is 0.267. The second kappa shape index (κ2) is 8.16. The van der Waals surface area contributed by atoms with Gasteiger partial charge in [0.25, 0.3) is 15.2 Å². The SMILES string of the molecule is COCc1[nH]n2c(nc3ccccc32)c1N=Nc1nnc(SCCS(=O)(=O)O)s1. The van der Waals surface area contributed by atoms with Crippen molar-refractivity contribution >= 4 is 60.7 Å². The van der Waals surface area contributed by atoms with Gasteiger partial charge in [-0.2, -0.15) is 8.42 Å². The Balaban J connectivity index is 1.60. The van der Waals surface area contributed by atoms with Crippen LogP contribution in [-0.2, 0) is 21.5 Å². The predicted octanol–water partition coefficient (Wildman–Crippen LogP) is 3.21. The largest absolute Gasteiger partial charge is 0.378 e. The minimum Gasteiger partial charge on any atom is -0.378 e. The number of hydrogen-bond acceptors (Lipinski definition) is 10. The normalized spacial score (nSPS) is 12.6. The van der Waals surface area contributed by atoms with Crippen molar-refractivity contribution in [1.82, 2.24) is 24.8 Å². The van der Waals surface area contributed by atoms with Crippen molar-refractivity contribution in [3.63, 3.8) is 0 Å². The van der Waals surface area contributed by atoms with E-state index in [-0.39, 0.29) is 11.5 Å². The molecule has 3 heterocycles. The summed E-state index contributed by atoms with van der Waals surface area (Å²) in [6.45, 7) is 0.304. The third-order valence-electron chi connectivity index (χ3n) is 3.79. The van der Waals surface area contributed by atoms with Gasteiger partial charge in [0.05, 0.1) is 29.1 Å². The number of H-pyrrole nitrogens is 1. The third-order valence-corrected chi connectivity index (χ3v) is 6.71. The van der Waals surface area contributed by atoms with Crippen LogP contribution in [0.25, 0.3) is 16.7 Å². The molecule has 0 fully saturated rings. The number of fused-ring (bicyclic) bond motifs is 3. The molecule has 0 saturated heterocycles. The van der Waals surface area contributed by atoms with E-state index in [1.807, 2.05) is 28.8 Å². The van der Waals surface area contributed by atoms with Gasteiger partial charge < -0.3 is 4.74 Å². The summed E-state index contributed by atoms with van der Waals surface area (Å²) in [7, 11) is -2.41. The first kappa shape index (κ1) is 19.9. The van der Waals surface area contributed by atoms with Gasteiger partial charge in [0.15, 0.2) is 15.7 Å². The quantitative estimate of drug-likeness (QED) is 0.235. The molecule has 152 valence electrons. The summed E-state index contributed by atoms with van der Waals surface area (Å²) in [5, 5.41) is 19.9. The number of para-hydroxylation sites is 2. The maximum Gasteiger partial charge on any atom is 0.265 e. The molecule has 11 nitrogen and oxygen atoms in total. The van der Waals surface area contributed by atoms with E-state index in [2.05, 4.69) is 30.5 Å². The molecule has 0 bridgehead atoms. The first-order valence-corrected chi connectivity index (χ1v) is 11.7. The molecular weight excluding hydrogens is 438 g/mol. The molecule has 0 aliphatic carbocycles. The Morgan fingerprint density at radius 2 is 2.14 bits per heavy atom. The van der Waals surface area contributed by atoms with Gasteiger partial charge in [0.2, 0.25) is 0 Å². The van der Waals surface area contributed by atoms with Gasteiger partial charge in [-0.1, -0.05) is 35.2 Å². The van der Waals surface area contributed by atoms with Gasteiger partial charge in [-0.3, -0.25) is 9.65 Å². The Morgan fingerprint density at radius 3 is 2.93 bits per heavy atom. The Bertz CT molecular complexity index is 1290. The van der Waals surface area contributed by atoms with Crippen molar-refractivity contribution in [1.29, 1.82) is 0 Å². The number of azo groups is 1. The number of aromatic nitrogens is 5. The number of ether oxygens (including phenoxy) is 1. The van der Waals surface area contributed by atoms with Gasteiger partial charge in [-0.25, -0.2) is 9.50 Å². The molecule has 0 aliphatic heterocycles. The van der Waals surface area contributed by atoms with E-state index in [0.29, 0.717) is 27.4 Å². The maximum atomic E-state index is 10.8. The smallest absolute Gasteiger partial charge is 0.265 e. The Morgan fingerprint density at radius 1 is 1.31 bits per heavy atom. The molecule has 0 amide bonds. The zero-order valence-electron chi connectivity index (χ0n) is 15.0. The molecule has 0 aliphatic rings. The van der Waals surface area contributed by atoms with E-state index in [4.69, 9.17) is 9.29 Å². The summed E-state index contributed by atoms with van der Waals surface area (Å²) in [4.78, 5) is 4.60. The molecule has 3 aromatic heterocycles. The zero-order chi connectivity index (χ0) is 20.4. The highest BCUT2D eigenvalue weighted by molar-refractivity contribution is 8.01. The molecule has 0 radical (unpaired) electrons. The zero-order valence-corrected chi connectivity index (χ0v) is 17.5. The van der Waals surface area contributed by atoms with Gasteiger partial charge in [-0.15, -0.1) is 20.4 Å². The molecular formula is C15H15N7O4S3. The lowest BCUT2D eigenvalue weighted by molar-refractivity contribution is 0.181. The summed E-state index contributed by atoms with van der Waals surface area (Å²) in [6.07, 6.45) is 0. The second-order valence-corrected chi connectivity index (χ2v) is 9.69. The number of methoxy groups -OCH3 is 1. The number of hydrogen-bond donors (Lipinski definition) is 2. The van der Waals surface area contributed by atoms with Crippen LogP contribution in [-0.4, -0.2) is 56.4 Å². The number of nitrogens with zero attached hydrogens (tertiary/aromatic N) is 6.